The Kier molecular flexibility index (Phi) is 54.9. The summed E-state index contributed by atoms with van der Waals surface area (Å²) in [7, 11) is 0. The van der Waals surface area contributed by atoms with E-state index in [-0.39, 0.29) is 31.1 Å². The van der Waals surface area contributed by atoms with Gasteiger partial charge in [0.1, 0.15) is 13.2 Å². The Labute approximate surface area is 432 Å². The van der Waals surface area contributed by atoms with Crippen molar-refractivity contribution in [3.8, 4) is 0 Å². The van der Waals surface area contributed by atoms with Crippen LogP contribution >= 0.6 is 0 Å². The first-order chi connectivity index (χ1) is 34.5. The maximum absolute atomic E-state index is 12.9. The molecule has 0 aliphatic heterocycles. The molecule has 0 aromatic rings. The van der Waals surface area contributed by atoms with Crippen molar-refractivity contribution < 1.29 is 28.6 Å². The molecule has 0 saturated carbocycles. The predicted octanol–water partition coefficient (Wildman–Crippen LogP) is 19.7. The largest absolute Gasteiger partial charge is 0.462 e. The van der Waals surface area contributed by atoms with Crippen LogP contribution in [0.5, 0.6) is 0 Å². The number of carbonyl (C=O) groups is 3. The van der Waals surface area contributed by atoms with Crippen molar-refractivity contribution in [1.82, 2.24) is 0 Å². The second-order valence-corrected chi connectivity index (χ2v) is 19.2. The zero-order chi connectivity index (χ0) is 50.7. The summed E-state index contributed by atoms with van der Waals surface area (Å²) in [6.07, 6.45) is 76.8. The van der Waals surface area contributed by atoms with Crippen LogP contribution < -0.4 is 0 Å². The van der Waals surface area contributed by atoms with Crippen molar-refractivity contribution in [2.24, 2.45) is 0 Å². The highest BCUT2D eigenvalue weighted by Crippen LogP contribution is 2.14. The van der Waals surface area contributed by atoms with Gasteiger partial charge in [-0.25, -0.2) is 0 Å². The molecule has 0 saturated heterocycles. The maximum atomic E-state index is 12.9. The average Bonchev–Trinajstić information content (AvgIpc) is 3.36. The third kappa shape index (κ3) is 55.3. The van der Waals surface area contributed by atoms with E-state index in [1.54, 1.807) is 0 Å². The van der Waals surface area contributed by atoms with Crippen LogP contribution in [-0.4, -0.2) is 37.2 Å². The van der Waals surface area contributed by atoms with E-state index in [0.717, 1.165) is 141 Å². The van der Waals surface area contributed by atoms with E-state index in [1.807, 2.05) is 0 Å². The molecular weight excluding hydrogens is 865 g/mol. The molecule has 0 aliphatic rings. The summed E-state index contributed by atoms with van der Waals surface area (Å²) < 4.78 is 16.9. The number of allylic oxidation sites excluding steroid dienone is 16. The smallest absolute Gasteiger partial charge is 0.306 e. The number of ether oxygens (including phenoxy) is 3. The van der Waals surface area contributed by atoms with Crippen LogP contribution in [0.4, 0.5) is 0 Å². The fourth-order valence-corrected chi connectivity index (χ4v) is 7.91. The lowest BCUT2D eigenvalue weighted by Crippen LogP contribution is -2.30. The van der Waals surface area contributed by atoms with Crippen LogP contribution in [0.2, 0.25) is 0 Å². The molecule has 0 aromatic carbocycles. The Morgan fingerprint density at radius 3 is 0.900 bits per heavy atom. The van der Waals surface area contributed by atoms with Crippen LogP contribution in [-0.2, 0) is 28.6 Å². The number of rotatable bonds is 52. The van der Waals surface area contributed by atoms with E-state index in [4.69, 9.17) is 14.2 Å². The Morgan fingerprint density at radius 1 is 0.300 bits per heavy atom. The minimum atomic E-state index is -0.798. The Bertz CT molecular complexity index is 1400. The molecule has 1 atom stereocenters. The van der Waals surface area contributed by atoms with Crippen LogP contribution in [0.3, 0.4) is 0 Å². The lowest BCUT2D eigenvalue weighted by atomic mass is 10.1. The molecule has 0 radical (unpaired) electrons. The van der Waals surface area contributed by atoms with Gasteiger partial charge in [0.25, 0.3) is 0 Å². The van der Waals surface area contributed by atoms with E-state index >= 15 is 0 Å². The van der Waals surface area contributed by atoms with Gasteiger partial charge in [-0.15, -0.1) is 0 Å². The molecule has 400 valence electrons. The topological polar surface area (TPSA) is 78.9 Å². The molecule has 0 N–H and O–H groups in total. The van der Waals surface area contributed by atoms with Gasteiger partial charge < -0.3 is 14.2 Å². The van der Waals surface area contributed by atoms with Gasteiger partial charge in [-0.2, -0.15) is 0 Å². The number of esters is 3. The predicted molar refractivity (Wildman–Crippen MR) is 302 cm³/mol. The molecule has 0 rings (SSSR count). The quantitative estimate of drug-likeness (QED) is 0.0262. The zero-order valence-electron chi connectivity index (χ0n) is 45.8. The molecule has 70 heavy (non-hydrogen) atoms. The van der Waals surface area contributed by atoms with Gasteiger partial charge in [0.2, 0.25) is 0 Å². The minimum Gasteiger partial charge on any atom is -0.462 e. The van der Waals surface area contributed by atoms with E-state index in [1.165, 1.54) is 89.9 Å². The first kappa shape index (κ1) is 66.3. The average molecular weight is 974 g/mol. The van der Waals surface area contributed by atoms with Crippen molar-refractivity contribution >= 4 is 17.9 Å². The Hall–Kier alpha value is -3.67. The van der Waals surface area contributed by atoms with Gasteiger partial charge in [0.05, 0.1) is 0 Å². The molecule has 0 heterocycles. The molecule has 0 bridgehead atoms. The summed E-state index contributed by atoms with van der Waals surface area (Å²) in [5, 5.41) is 0. The second-order valence-electron chi connectivity index (χ2n) is 19.2. The van der Waals surface area contributed by atoms with Gasteiger partial charge in [0, 0.05) is 19.3 Å². The lowest BCUT2D eigenvalue weighted by molar-refractivity contribution is -0.167. The number of unbranched alkanes of at least 4 members (excludes halogenated alkanes) is 25. The molecule has 0 spiro atoms. The molecule has 6 nitrogen and oxygen atoms in total. The molecule has 0 fully saturated rings. The van der Waals surface area contributed by atoms with E-state index in [2.05, 4.69) is 118 Å². The van der Waals surface area contributed by atoms with E-state index < -0.39 is 6.10 Å². The third-order valence-electron chi connectivity index (χ3n) is 12.3. The minimum absolute atomic E-state index is 0.0942. The van der Waals surface area contributed by atoms with Gasteiger partial charge in [-0.05, 0) is 122 Å². The molecule has 0 amide bonds. The van der Waals surface area contributed by atoms with Crippen molar-refractivity contribution in [3.05, 3.63) is 97.2 Å². The normalized spacial score (nSPS) is 12.8. The van der Waals surface area contributed by atoms with Gasteiger partial charge >= 0.3 is 17.9 Å². The second kappa shape index (κ2) is 57.9. The third-order valence-corrected chi connectivity index (χ3v) is 12.3. The fraction of sp³-hybridized carbons (Fsp3) is 0.703. The number of hydrogen-bond donors (Lipinski definition) is 0. The number of hydrogen-bond acceptors (Lipinski definition) is 6. The molecule has 6 heteroatoms. The Balaban J connectivity index is 4.45. The molecular formula is C64H108O6. The monoisotopic (exact) mass is 973 g/mol. The summed E-state index contributed by atoms with van der Waals surface area (Å²) in [6.45, 7) is 6.48. The highest BCUT2D eigenvalue weighted by atomic mass is 16.6. The van der Waals surface area contributed by atoms with E-state index in [9.17, 15) is 14.4 Å². The summed E-state index contributed by atoms with van der Waals surface area (Å²) in [4.78, 5) is 38.2. The first-order valence-corrected chi connectivity index (χ1v) is 29.2. The number of carbonyl (C=O) groups excluding carboxylic acids is 3. The Morgan fingerprint density at radius 2 is 0.557 bits per heavy atom. The van der Waals surface area contributed by atoms with Gasteiger partial charge in [-0.3, -0.25) is 14.4 Å². The summed E-state index contributed by atoms with van der Waals surface area (Å²) in [5.41, 5.74) is 0. The van der Waals surface area contributed by atoms with Gasteiger partial charge in [-0.1, -0.05) is 227 Å². The van der Waals surface area contributed by atoms with Crippen molar-refractivity contribution in [3.63, 3.8) is 0 Å². The van der Waals surface area contributed by atoms with Crippen LogP contribution in [0.15, 0.2) is 97.2 Å². The van der Waals surface area contributed by atoms with Crippen LogP contribution in [0.1, 0.15) is 271 Å². The lowest BCUT2D eigenvalue weighted by Gasteiger charge is -2.18. The van der Waals surface area contributed by atoms with E-state index in [0.29, 0.717) is 19.3 Å². The standard InChI is InChI=1S/C64H108O6/c1-4-7-10-13-16-19-22-25-28-30-31-32-33-34-37-39-42-45-48-51-54-57-63(66)69-60-61(59-68-62(65)56-53-50-47-44-41-38-35-27-24-21-18-15-12-9-6-3)70-64(67)58-55-52-49-46-43-40-36-29-26-23-20-17-14-11-8-5-2/h7,10,16,19-20,23,25,27-29,31-32,34-37,61H,4-6,8-9,11-15,17-18,21-22,24,26,30,33,38-60H2,1-3H3/b10-7-,19-16-,23-20-,28-25-,32-31-,35-27-,36-29-,37-34-. The fourth-order valence-electron chi connectivity index (χ4n) is 7.91. The molecule has 0 aliphatic carbocycles. The molecule has 1 unspecified atom stereocenters. The van der Waals surface area contributed by atoms with Crippen molar-refractivity contribution in [2.75, 3.05) is 13.2 Å². The van der Waals surface area contributed by atoms with Crippen LogP contribution in [0, 0.1) is 0 Å². The maximum Gasteiger partial charge on any atom is 0.306 e. The van der Waals surface area contributed by atoms with Crippen molar-refractivity contribution in [1.29, 1.82) is 0 Å². The summed E-state index contributed by atoms with van der Waals surface area (Å²) >= 11 is 0. The SMILES string of the molecule is CC/C=C\C/C=C\C/C=C\C/C=C\C/C=C\CCCCCCCC(=O)OCC(COC(=O)CCCCCCC/C=C\CCCCCCCC)OC(=O)CCCCCCC/C=C\C/C=C\CCCCCC. The van der Waals surface area contributed by atoms with Crippen LogP contribution in [0.25, 0.3) is 0 Å². The van der Waals surface area contributed by atoms with Crippen molar-refractivity contribution in [2.45, 2.75) is 277 Å². The first-order valence-electron chi connectivity index (χ1n) is 29.2. The highest BCUT2D eigenvalue weighted by Gasteiger charge is 2.19. The summed E-state index contributed by atoms with van der Waals surface area (Å²) in [6, 6.07) is 0. The van der Waals surface area contributed by atoms with Gasteiger partial charge in [0.15, 0.2) is 6.10 Å². The summed E-state index contributed by atoms with van der Waals surface area (Å²) in [5.74, 6) is -0.931. The highest BCUT2D eigenvalue weighted by molar-refractivity contribution is 5.71. The zero-order valence-corrected chi connectivity index (χ0v) is 45.8. The molecule has 0 aromatic heterocycles.